The van der Waals surface area contributed by atoms with E-state index in [0.29, 0.717) is 11.3 Å². The molecular weight excluding hydrogens is 424 g/mol. The number of benzene rings is 2. The zero-order valence-corrected chi connectivity index (χ0v) is 21.2. The number of aryl methyl sites for hydroxylation is 2. The molecule has 34 heavy (non-hydrogen) atoms. The van der Waals surface area contributed by atoms with Crippen LogP contribution in [0.25, 0.3) is 16.7 Å². The minimum atomic E-state index is -0.677. The summed E-state index contributed by atoms with van der Waals surface area (Å²) in [5.41, 5.74) is 4.02. The number of Topliss-reactive ketones (excluding diaryl/α,β-unsaturated/α-hetero) is 1. The van der Waals surface area contributed by atoms with E-state index in [2.05, 4.69) is 31.2 Å². The van der Waals surface area contributed by atoms with Crippen LogP contribution in [0.1, 0.15) is 64.2 Å². The molecule has 2 aromatic rings. The zero-order valence-electron chi connectivity index (χ0n) is 21.2. The first kappa shape index (κ1) is 23.0. The molecule has 2 heterocycles. The molecule has 2 fully saturated rings. The predicted octanol–water partition coefficient (Wildman–Crippen LogP) is 6.43. The Balaban J connectivity index is 1.69. The normalized spacial score (nSPS) is 30.1. The second-order valence-electron chi connectivity index (χ2n) is 11.8. The van der Waals surface area contributed by atoms with E-state index in [1.165, 1.54) is 0 Å². The standard InChI is InChI=1S/C30H34O4/c1-17-15-20(19-11-9-8-10-12-19)16-18(2)21(17)22-25(31)23-24(26(22)33-27(32)28(3,4)5)30(7)14-13-29(23,6)34-30/h8-12,15-16,23-24H,13-14H2,1-7H3/t23-,24+,29-,30+/m0/s1. The van der Waals surface area contributed by atoms with Gasteiger partial charge in [-0.05, 0) is 89.1 Å². The van der Waals surface area contributed by atoms with Gasteiger partial charge in [0.1, 0.15) is 5.76 Å². The van der Waals surface area contributed by atoms with Crippen molar-refractivity contribution in [1.29, 1.82) is 0 Å². The second-order valence-corrected chi connectivity index (χ2v) is 11.8. The highest BCUT2D eigenvalue weighted by Gasteiger charge is 2.70. The number of rotatable bonds is 3. The van der Waals surface area contributed by atoms with Gasteiger partial charge in [0, 0.05) is 0 Å². The van der Waals surface area contributed by atoms with Crippen molar-refractivity contribution < 1.29 is 19.1 Å². The molecule has 2 aliphatic heterocycles. The fourth-order valence-corrected chi connectivity index (χ4v) is 6.33. The summed E-state index contributed by atoms with van der Waals surface area (Å²) in [6.45, 7) is 13.7. The van der Waals surface area contributed by atoms with Gasteiger partial charge in [0.15, 0.2) is 5.78 Å². The summed E-state index contributed by atoms with van der Waals surface area (Å²) < 4.78 is 12.6. The SMILES string of the molecule is Cc1cc(-c2ccccc2)cc(C)c1C1=C(OC(=O)C(C)(C)C)[C@H]2[C@@H](C1=O)[C@]1(C)CC[C@@]2(C)O1. The summed E-state index contributed by atoms with van der Waals surface area (Å²) in [5.74, 6) is -0.323. The largest absolute Gasteiger partial charge is 0.429 e. The van der Waals surface area contributed by atoms with Gasteiger partial charge >= 0.3 is 5.97 Å². The van der Waals surface area contributed by atoms with Crippen LogP contribution < -0.4 is 0 Å². The maximum Gasteiger partial charge on any atom is 0.316 e. The molecule has 0 aromatic heterocycles. The molecule has 2 bridgehead atoms. The fourth-order valence-electron chi connectivity index (χ4n) is 6.33. The molecule has 4 atom stereocenters. The molecule has 2 saturated heterocycles. The van der Waals surface area contributed by atoms with Crippen LogP contribution in [0.15, 0.2) is 48.2 Å². The number of fused-ring (bicyclic) bond motifs is 5. The zero-order chi connectivity index (χ0) is 24.6. The molecular formula is C30H34O4. The van der Waals surface area contributed by atoms with E-state index in [1.807, 2.05) is 59.7 Å². The van der Waals surface area contributed by atoms with Crippen molar-refractivity contribution in [1.82, 2.24) is 0 Å². The van der Waals surface area contributed by atoms with Crippen molar-refractivity contribution in [2.24, 2.45) is 17.3 Å². The Morgan fingerprint density at radius 2 is 1.50 bits per heavy atom. The van der Waals surface area contributed by atoms with Crippen LogP contribution in [0.4, 0.5) is 0 Å². The summed E-state index contributed by atoms with van der Waals surface area (Å²) in [5, 5.41) is 0. The third kappa shape index (κ3) is 3.30. The monoisotopic (exact) mass is 458 g/mol. The quantitative estimate of drug-likeness (QED) is 0.498. The first-order valence-corrected chi connectivity index (χ1v) is 12.2. The molecule has 2 aromatic carbocycles. The Hall–Kier alpha value is -2.72. The topological polar surface area (TPSA) is 52.6 Å². The Kier molecular flexibility index (Phi) is 5.01. The van der Waals surface area contributed by atoms with Crippen LogP contribution in [-0.4, -0.2) is 23.0 Å². The smallest absolute Gasteiger partial charge is 0.316 e. The van der Waals surface area contributed by atoms with Crippen molar-refractivity contribution in [3.05, 3.63) is 64.9 Å². The lowest BCUT2D eigenvalue weighted by atomic mass is 9.68. The number of hydrogen-bond donors (Lipinski definition) is 0. The highest BCUT2D eigenvalue weighted by molar-refractivity contribution is 6.26. The minimum absolute atomic E-state index is 0.0475. The molecule has 0 N–H and O–H groups in total. The van der Waals surface area contributed by atoms with Crippen molar-refractivity contribution in [2.75, 3.05) is 0 Å². The first-order chi connectivity index (χ1) is 15.9. The maximum atomic E-state index is 14.1. The number of carbonyl (C=O) groups is 2. The molecule has 3 aliphatic rings. The van der Waals surface area contributed by atoms with E-state index in [1.54, 1.807) is 0 Å². The maximum absolute atomic E-state index is 14.1. The van der Waals surface area contributed by atoms with Gasteiger partial charge in [-0.1, -0.05) is 42.5 Å². The van der Waals surface area contributed by atoms with Gasteiger partial charge in [0.2, 0.25) is 0 Å². The van der Waals surface area contributed by atoms with Crippen LogP contribution in [0.3, 0.4) is 0 Å². The minimum Gasteiger partial charge on any atom is -0.429 e. The first-order valence-electron chi connectivity index (χ1n) is 12.2. The van der Waals surface area contributed by atoms with Crippen molar-refractivity contribution in [2.45, 2.75) is 72.5 Å². The molecule has 0 unspecified atom stereocenters. The summed E-state index contributed by atoms with van der Waals surface area (Å²) in [7, 11) is 0. The lowest BCUT2D eigenvalue weighted by molar-refractivity contribution is -0.150. The summed E-state index contributed by atoms with van der Waals surface area (Å²) in [6.07, 6.45) is 1.70. The molecule has 1 aliphatic carbocycles. The Bertz CT molecular complexity index is 1210. The van der Waals surface area contributed by atoms with E-state index in [4.69, 9.17) is 9.47 Å². The van der Waals surface area contributed by atoms with Crippen molar-refractivity contribution in [3.63, 3.8) is 0 Å². The van der Waals surface area contributed by atoms with Gasteiger partial charge in [-0.2, -0.15) is 0 Å². The average Bonchev–Trinajstić information content (AvgIpc) is 3.32. The molecule has 0 amide bonds. The van der Waals surface area contributed by atoms with Gasteiger partial charge in [-0.25, -0.2) is 0 Å². The van der Waals surface area contributed by atoms with Crippen LogP contribution in [-0.2, 0) is 19.1 Å². The fraction of sp³-hybridized carbons (Fsp3) is 0.467. The van der Waals surface area contributed by atoms with Gasteiger partial charge in [-0.3, -0.25) is 9.59 Å². The van der Waals surface area contributed by atoms with Crippen LogP contribution in [0.2, 0.25) is 0 Å². The van der Waals surface area contributed by atoms with E-state index in [0.717, 1.165) is 40.7 Å². The summed E-state index contributed by atoms with van der Waals surface area (Å²) in [6, 6.07) is 14.5. The third-order valence-electron chi connectivity index (χ3n) is 8.00. The summed E-state index contributed by atoms with van der Waals surface area (Å²) in [4.78, 5) is 27.2. The number of ketones is 1. The second kappa shape index (κ2) is 7.39. The average molecular weight is 459 g/mol. The highest BCUT2D eigenvalue weighted by Crippen LogP contribution is 2.64. The molecule has 5 rings (SSSR count). The van der Waals surface area contributed by atoms with E-state index >= 15 is 0 Å². The molecule has 0 saturated carbocycles. The number of ether oxygens (including phenoxy) is 2. The molecule has 4 heteroatoms. The van der Waals surface area contributed by atoms with Crippen molar-refractivity contribution in [3.8, 4) is 11.1 Å². The molecule has 178 valence electrons. The molecule has 4 nitrogen and oxygen atoms in total. The van der Waals surface area contributed by atoms with E-state index in [-0.39, 0.29) is 23.6 Å². The lowest BCUT2D eigenvalue weighted by Crippen LogP contribution is -2.40. The van der Waals surface area contributed by atoms with E-state index in [9.17, 15) is 9.59 Å². The van der Waals surface area contributed by atoms with Gasteiger partial charge in [0.25, 0.3) is 0 Å². The number of allylic oxidation sites excluding steroid dienone is 1. The van der Waals surface area contributed by atoms with Crippen LogP contribution in [0.5, 0.6) is 0 Å². The van der Waals surface area contributed by atoms with Gasteiger partial charge in [0.05, 0.1) is 34.0 Å². The van der Waals surface area contributed by atoms with Crippen LogP contribution in [0, 0.1) is 31.1 Å². The number of carbonyl (C=O) groups excluding carboxylic acids is 2. The van der Waals surface area contributed by atoms with Crippen molar-refractivity contribution >= 4 is 17.3 Å². The highest BCUT2D eigenvalue weighted by atomic mass is 16.6. The van der Waals surface area contributed by atoms with E-state index < -0.39 is 16.6 Å². The molecule has 0 spiro atoms. The Labute approximate surface area is 202 Å². The Morgan fingerprint density at radius 3 is 2.06 bits per heavy atom. The molecule has 0 radical (unpaired) electrons. The van der Waals surface area contributed by atoms with Crippen LogP contribution >= 0.6 is 0 Å². The van der Waals surface area contributed by atoms with Gasteiger partial charge < -0.3 is 9.47 Å². The Morgan fingerprint density at radius 1 is 0.941 bits per heavy atom. The number of esters is 1. The van der Waals surface area contributed by atoms with Gasteiger partial charge in [-0.15, -0.1) is 0 Å². The predicted molar refractivity (Wildman–Crippen MR) is 133 cm³/mol. The lowest BCUT2D eigenvalue weighted by Gasteiger charge is -2.32. The summed E-state index contributed by atoms with van der Waals surface area (Å²) >= 11 is 0. The third-order valence-corrected chi connectivity index (χ3v) is 8.00. The number of hydrogen-bond acceptors (Lipinski definition) is 4.